The lowest BCUT2D eigenvalue weighted by molar-refractivity contribution is 1.14. The molecule has 1 rings (SSSR count). The van der Waals surface area contributed by atoms with Gasteiger partial charge in [0, 0.05) is 0 Å². The number of imidazole rings is 1. The van der Waals surface area contributed by atoms with Gasteiger partial charge >= 0.3 is 0 Å². The van der Waals surface area contributed by atoms with Crippen LogP contribution >= 0.6 is 0 Å². The van der Waals surface area contributed by atoms with Crippen LogP contribution in [0.3, 0.4) is 0 Å². The summed E-state index contributed by atoms with van der Waals surface area (Å²) in [6.45, 7) is 1.81. The molecule has 1 N–H and O–H groups in total. The van der Waals surface area contributed by atoms with E-state index in [1.165, 1.54) is 6.20 Å². The van der Waals surface area contributed by atoms with E-state index in [1.807, 2.05) is 6.07 Å². The van der Waals surface area contributed by atoms with E-state index in [9.17, 15) is 0 Å². The molecule has 8 heavy (non-hydrogen) atoms. The summed E-state index contributed by atoms with van der Waals surface area (Å²) in [7, 11) is 0. The Morgan fingerprint density at radius 3 is 2.88 bits per heavy atom. The molecule has 0 bridgehead atoms. The Bertz CT molecular complexity index is 218. The third kappa shape index (κ3) is 0.684. The molecule has 40 valence electrons. The average Bonchev–Trinajstić information content (AvgIpc) is 2.14. The molecular weight excluding hydrogens is 102 g/mol. The third-order valence-corrected chi connectivity index (χ3v) is 0.823. The van der Waals surface area contributed by atoms with E-state index < -0.39 is 0 Å². The fourth-order valence-electron chi connectivity index (χ4n) is 0.478. The average molecular weight is 107 g/mol. The predicted octanol–water partition coefficient (Wildman–Crippen LogP) is 0.590. The Balaban J connectivity index is 3.05. The fourth-order valence-corrected chi connectivity index (χ4v) is 0.478. The quantitative estimate of drug-likeness (QED) is 0.527. The number of nitriles is 1. The number of aromatic nitrogens is 2. The largest absolute Gasteiger partial charge is 0.334 e. The molecule has 0 amide bonds. The van der Waals surface area contributed by atoms with Crippen molar-refractivity contribution in [3.05, 3.63) is 17.7 Å². The lowest BCUT2D eigenvalue weighted by Crippen LogP contribution is -1.71. The zero-order valence-electron chi connectivity index (χ0n) is 4.47. The number of rotatable bonds is 0. The van der Waals surface area contributed by atoms with Gasteiger partial charge in [0.2, 0.25) is 0 Å². The molecular formula is C5H5N3. The van der Waals surface area contributed by atoms with Gasteiger partial charge in [-0.1, -0.05) is 0 Å². The molecule has 0 unspecified atom stereocenters. The van der Waals surface area contributed by atoms with Crippen molar-refractivity contribution in [1.82, 2.24) is 9.97 Å². The van der Waals surface area contributed by atoms with Crippen molar-refractivity contribution < 1.29 is 0 Å². The second-order valence-corrected chi connectivity index (χ2v) is 1.49. The van der Waals surface area contributed by atoms with Gasteiger partial charge in [-0.25, -0.2) is 4.98 Å². The Morgan fingerprint density at radius 1 is 1.88 bits per heavy atom. The molecule has 3 nitrogen and oxygen atoms in total. The van der Waals surface area contributed by atoms with Crippen LogP contribution in [0.15, 0.2) is 6.20 Å². The van der Waals surface area contributed by atoms with Crippen LogP contribution in [0.5, 0.6) is 0 Å². The van der Waals surface area contributed by atoms with E-state index >= 15 is 0 Å². The summed E-state index contributed by atoms with van der Waals surface area (Å²) in [6.07, 6.45) is 1.51. The van der Waals surface area contributed by atoms with E-state index in [0.29, 0.717) is 5.69 Å². The summed E-state index contributed by atoms with van der Waals surface area (Å²) in [6, 6.07) is 1.93. The summed E-state index contributed by atoms with van der Waals surface area (Å²) >= 11 is 0. The van der Waals surface area contributed by atoms with Crippen molar-refractivity contribution in [2.75, 3.05) is 0 Å². The van der Waals surface area contributed by atoms with Crippen molar-refractivity contribution in [3.8, 4) is 6.07 Å². The number of aryl methyl sites for hydroxylation is 1. The SMILES string of the molecule is Cc1ncc(C#N)[nH]1. The van der Waals surface area contributed by atoms with Gasteiger partial charge in [-0.15, -0.1) is 0 Å². The smallest absolute Gasteiger partial charge is 0.137 e. The minimum atomic E-state index is 0.516. The van der Waals surface area contributed by atoms with E-state index in [-0.39, 0.29) is 0 Å². The van der Waals surface area contributed by atoms with Crippen LogP contribution in [0.1, 0.15) is 11.5 Å². The molecule has 0 fully saturated rings. The van der Waals surface area contributed by atoms with Crippen molar-refractivity contribution in [3.63, 3.8) is 0 Å². The third-order valence-electron chi connectivity index (χ3n) is 0.823. The monoisotopic (exact) mass is 107 g/mol. The van der Waals surface area contributed by atoms with Gasteiger partial charge in [0.25, 0.3) is 0 Å². The zero-order valence-corrected chi connectivity index (χ0v) is 4.47. The Kier molecular flexibility index (Phi) is 1.01. The van der Waals surface area contributed by atoms with Crippen LogP contribution in [0.4, 0.5) is 0 Å². The lowest BCUT2D eigenvalue weighted by atomic mass is 10.5. The minimum absolute atomic E-state index is 0.516. The van der Waals surface area contributed by atoms with Crippen LogP contribution in [0.2, 0.25) is 0 Å². The first-order chi connectivity index (χ1) is 3.83. The molecule has 1 aromatic heterocycles. The van der Waals surface area contributed by atoms with Crippen molar-refractivity contribution in [2.45, 2.75) is 6.92 Å². The highest BCUT2D eigenvalue weighted by Gasteiger charge is 1.89. The highest BCUT2D eigenvalue weighted by molar-refractivity contribution is 5.16. The number of H-pyrrole nitrogens is 1. The summed E-state index contributed by atoms with van der Waals surface area (Å²) in [4.78, 5) is 6.56. The molecule has 0 aromatic carbocycles. The van der Waals surface area contributed by atoms with Gasteiger partial charge in [-0.2, -0.15) is 5.26 Å². The van der Waals surface area contributed by atoms with Crippen LogP contribution in [-0.4, -0.2) is 9.97 Å². The summed E-state index contributed by atoms with van der Waals surface area (Å²) in [5, 5.41) is 8.23. The number of aromatic amines is 1. The minimum Gasteiger partial charge on any atom is -0.334 e. The molecule has 1 aromatic rings. The first-order valence-corrected chi connectivity index (χ1v) is 2.24. The lowest BCUT2D eigenvalue weighted by Gasteiger charge is -1.72. The normalized spacial score (nSPS) is 8.50. The van der Waals surface area contributed by atoms with Crippen molar-refractivity contribution in [1.29, 1.82) is 5.26 Å². The van der Waals surface area contributed by atoms with Crippen LogP contribution in [-0.2, 0) is 0 Å². The van der Waals surface area contributed by atoms with Crippen LogP contribution in [0, 0.1) is 18.3 Å². The second-order valence-electron chi connectivity index (χ2n) is 1.49. The zero-order chi connectivity index (χ0) is 5.98. The maximum Gasteiger partial charge on any atom is 0.137 e. The number of hydrogen-bond donors (Lipinski definition) is 1. The predicted molar refractivity (Wildman–Crippen MR) is 28.0 cm³/mol. The molecule has 0 atom stereocenters. The Hall–Kier alpha value is -1.30. The van der Waals surface area contributed by atoms with Gasteiger partial charge in [0.05, 0.1) is 6.20 Å². The molecule has 0 spiro atoms. The first kappa shape index (κ1) is 4.85. The highest BCUT2D eigenvalue weighted by atomic mass is 14.9. The number of hydrogen-bond acceptors (Lipinski definition) is 2. The maximum absolute atomic E-state index is 8.23. The van der Waals surface area contributed by atoms with Crippen LogP contribution in [0.25, 0.3) is 0 Å². The Labute approximate surface area is 47.0 Å². The molecule has 0 aliphatic carbocycles. The van der Waals surface area contributed by atoms with Gasteiger partial charge in [-0.05, 0) is 6.92 Å². The van der Waals surface area contributed by atoms with Gasteiger partial charge in [-0.3, -0.25) is 0 Å². The topological polar surface area (TPSA) is 52.5 Å². The number of nitrogens with zero attached hydrogens (tertiary/aromatic N) is 2. The van der Waals surface area contributed by atoms with Crippen molar-refractivity contribution in [2.24, 2.45) is 0 Å². The van der Waals surface area contributed by atoms with Crippen molar-refractivity contribution >= 4 is 0 Å². The molecule has 0 saturated carbocycles. The molecule has 0 aliphatic rings. The van der Waals surface area contributed by atoms with Gasteiger partial charge < -0.3 is 4.98 Å². The maximum atomic E-state index is 8.23. The summed E-state index contributed by atoms with van der Waals surface area (Å²) in [5.41, 5.74) is 0.516. The fraction of sp³-hybridized carbons (Fsp3) is 0.200. The Morgan fingerprint density at radius 2 is 2.62 bits per heavy atom. The highest BCUT2D eigenvalue weighted by Crippen LogP contribution is 1.90. The van der Waals surface area contributed by atoms with E-state index in [4.69, 9.17) is 5.26 Å². The standard InChI is InChI=1S/C5H5N3/c1-4-7-3-5(2-6)8-4/h3H,1H3,(H,7,8). The first-order valence-electron chi connectivity index (χ1n) is 2.24. The van der Waals surface area contributed by atoms with Gasteiger partial charge in [0.15, 0.2) is 0 Å². The summed E-state index contributed by atoms with van der Waals surface area (Å²) in [5.74, 6) is 0.779. The van der Waals surface area contributed by atoms with E-state index in [2.05, 4.69) is 9.97 Å². The van der Waals surface area contributed by atoms with Gasteiger partial charge in [0.1, 0.15) is 17.6 Å². The summed E-state index contributed by atoms with van der Waals surface area (Å²) < 4.78 is 0. The molecule has 3 heteroatoms. The molecule has 1 heterocycles. The molecule has 0 radical (unpaired) electrons. The van der Waals surface area contributed by atoms with Crippen LogP contribution < -0.4 is 0 Å². The molecule has 0 saturated heterocycles. The number of nitrogens with one attached hydrogen (secondary N) is 1. The second kappa shape index (κ2) is 1.66. The van der Waals surface area contributed by atoms with E-state index in [1.54, 1.807) is 6.92 Å². The van der Waals surface area contributed by atoms with E-state index in [0.717, 1.165) is 5.82 Å². The molecule has 0 aliphatic heterocycles.